The molecule has 90 valence electrons. The van der Waals surface area contributed by atoms with Crippen molar-refractivity contribution in [1.82, 2.24) is 4.98 Å². The zero-order chi connectivity index (χ0) is 12.3. The average molecular weight is 314 g/mol. The van der Waals surface area contributed by atoms with Crippen molar-refractivity contribution in [3.05, 3.63) is 44.8 Å². The number of aromatic nitrogens is 1. The Labute approximate surface area is 112 Å². The van der Waals surface area contributed by atoms with Gasteiger partial charge < -0.3 is 9.84 Å². The minimum Gasteiger partial charge on any atom is -0.492 e. The van der Waals surface area contributed by atoms with Crippen LogP contribution in [0, 0.1) is 0 Å². The van der Waals surface area contributed by atoms with Crippen LogP contribution >= 0.6 is 27.3 Å². The molecular weight excluding hydrogens is 302 g/mol. The molecular formula is C12H12BrNO2S. The van der Waals surface area contributed by atoms with E-state index in [9.17, 15) is 5.11 Å². The fraction of sp³-hybridized carbons (Fsp3) is 0.250. The minimum absolute atomic E-state index is 0.589. The van der Waals surface area contributed by atoms with Crippen molar-refractivity contribution in [2.45, 2.75) is 13.0 Å². The van der Waals surface area contributed by atoms with Gasteiger partial charge in [-0.05, 0) is 41.1 Å². The van der Waals surface area contributed by atoms with Crippen molar-refractivity contribution in [1.29, 1.82) is 0 Å². The predicted molar refractivity (Wildman–Crippen MR) is 71.5 cm³/mol. The second-order valence-electron chi connectivity index (χ2n) is 3.43. The van der Waals surface area contributed by atoms with Gasteiger partial charge in [-0.1, -0.05) is 0 Å². The Bertz CT molecular complexity index is 501. The number of ether oxygens (including phenoxy) is 1. The number of pyridine rings is 1. The molecule has 0 saturated carbocycles. The lowest BCUT2D eigenvalue weighted by atomic mass is 10.1. The third-order valence-electron chi connectivity index (χ3n) is 2.22. The molecule has 0 aliphatic rings. The van der Waals surface area contributed by atoms with Crippen molar-refractivity contribution in [2.24, 2.45) is 0 Å². The molecule has 0 fully saturated rings. The number of aliphatic hydroxyl groups is 1. The molecule has 3 nitrogen and oxygen atoms in total. The molecule has 2 heterocycles. The highest BCUT2D eigenvalue weighted by Crippen LogP contribution is 2.31. The van der Waals surface area contributed by atoms with Crippen LogP contribution in [0.25, 0.3) is 0 Å². The van der Waals surface area contributed by atoms with Gasteiger partial charge in [0.15, 0.2) is 0 Å². The van der Waals surface area contributed by atoms with Gasteiger partial charge >= 0.3 is 0 Å². The number of nitrogens with zero attached hydrogens (tertiary/aromatic N) is 1. The van der Waals surface area contributed by atoms with Crippen molar-refractivity contribution in [3.8, 4) is 5.75 Å². The Hall–Kier alpha value is -0.910. The van der Waals surface area contributed by atoms with E-state index in [-0.39, 0.29) is 0 Å². The van der Waals surface area contributed by atoms with E-state index in [4.69, 9.17) is 4.74 Å². The summed E-state index contributed by atoms with van der Waals surface area (Å²) in [5, 5.41) is 10.2. The number of aliphatic hydroxyl groups excluding tert-OH is 1. The van der Waals surface area contributed by atoms with Crippen molar-refractivity contribution in [3.63, 3.8) is 0 Å². The molecule has 1 atom stereocenters. The number of rotatable bonds is 4. The molecule has 0 aromatic carbocycles. The first-order chi connectivity index (χ1) is 8.20. The van der Waals surface area contributed by atoms with Crippen molar-refractivity contribution in [2.75, 3.05) is 6.61 Å². The fourth-order valence-corrected chi connectivity index (χ4v) is 2.91. The first-order valence-electron chi connectivity index (χ1n) is 5.21. The highest BCUT2D eigenvalue weighted by Gasteiger charge is 2.13. The van der Waals surface area contributed by atoms with Gasteiger partial charge in [0.05, 0.1) is 16.6 Å². The van der Waals surface area contributed by atoms with Crippen molar-refractivity contribution >= 4 is 27.3 Å². The summed E-state index contributed by atoms with van der Waals surface area (Å²) in [6.07, 6.45) is 2.64. The lowest BCUT2D eigenvalue weighted by Gasteiger charge is -2.10. The van der Waals surface area contributed by atoms with Gasteiger partial charge in [-0.25, -0.2) is 0 Å². The maximum absolute atomic E-state index is 10.2. The first-order valence-corrected chi connectivity index (χ1v) is 6.82. The van der Waals surface area contributed by atoms with Crippen LogP contribution < -0.4 is 4.74 Å². The standard InChI is InChI=1S/C12H12BrNO2S/c1-2-16-9-5-8(6-14-7-9)12(15)10-3-4-11(13)17-10/h3-7,12,15H,2H2,1H3. The summed E-state index contributed by atoms with van der Waals surface area (Å²) in [6, 6.07) is 5.63. The van der Waals surface area contributed by atoms with Crippen LogP contribution in [-0.2, 0) is 0 Å². The Balaban J connectivity index is 2.24. The molecule has 0 aliphatic carbocycles. The van der Waals surface area contributed by atoms with Crippen LogP contribution in [0.1, 0.15) is 23.5 Å². The summed E-state index contributed by atoms with van der Waals surface area (Å²) in [4.78, 5) is 4.95. The molecule has 1 unspecified atom stereocenters. The molecule has 0 aliphatic heterocycles. The Morgan fingerprint density at radius 1 is 1.47 bits per heavy atom. The Morgan fingerprint density at radius 2 is 2.29 bits per heavy atom. The van der Waals surface area contributed by atoms with E-state index < -0.39 is 6.10 Å². The lowest BCUT2D eigenvalue weighted by molar-refractivity contribution is 0.222. The van der Waals surface area contributed by atoms with Crippen LogP contribution in [0.3, 0.4) is 0 Å². The van der Waals surface area contributed by atoms with Crippen LogP contribution in [0.15, 0.2) is 34.4 Å². The largest absolute Gasteiger partial charge is 0.492 e. The fourth-order valence-electron chi connectivity index (χ4n) is 1.47. The molecule has 0 bridgehead atoms. The molecule has 0 amide bonds. The molecule has 0 saturated heterocycles. The van der Waals surface area contributed by atoms with Crippen LogP contribution in [-0.4, -0.2) is 16.7 Å². The van der Waals surface area contributed by atoms with E-state index >= 15 is 0 Å². The monoisotopic (exact) mass is 313 g/mol. The van der Waals surface area contributed by atoms with Gasteiger partial charge in [-0.15, -0.1) is 11.3 Å². The maximum Gasteiger partial charge on any atom is 0.137 e. The first kappa shape index (κ1) is 12.5. The SMILES string of the molecule is CCOc1cncc(C(O)c2ccc(Br)s2)c1. The predicted octanol–water partition coefficient (Wildman–Crippen LogP) is 3.39. The normalized spacial score (nSPS) is 12.4. The van der Waals surface area contributed by atoms with Crippen LogP contribution in [0.5, 0.6) is 5.75 Å². The van der Waals surface area contributed by atoms with Crippen LogP contribution in [0.2, 0.25) is 0 Å². The highest BCUT2D eigenvalue weighted by molar-refractivity contribution is 9.11. The second-order valence-corrected chi connectivity index (χ2v) is 5.93. The number of hydrogen-bond acceptors (Lipinski definition) is 4. The van der Waals surface area contributed by atoms with Crippen LogP contribution in [0.4, 0.5) is 0 Å². The molecule has 2 aromatic heterocycles. The van der Waals surface area contributed by atoms with Gasteiger partial charge in [0, 0.05) is 16.6 Å². The summed E-state index contributed by atoms with van der Waals surface area (Å²) in [5.41, 5.74) is 0.741. The summed E-state index contributed by atoms with van der Waals surface area (Å²) in [6.45, 7) is 2.51. The molecule has 2 rings (SSSR count). The Kier molecular flexibility index (Phi) is 4.15. The number of hydrogen-bond donors (Lipinski definition) is 1. The van der Waals surface area contributed by atoms with Gasteiger partial charge in [0.1, 0.15) is 11.9 Å². The number of halogens is 1. The van der Waals surface area contributed by atoms with E-state index in [0.29, 0.717) is 12.4 Å². The maximum atomic E-state index is 10.2. The van der Waals surface area contributed by atoms with Crippen molar-refractivity contribution < 1.29 is 9.84 Å². The summed E-state index contributed by atoms with van der Waals surface area (Å²) in [5.74, 6) is 0.680. The summed E-state index contributed by atoms with van der Waals surface area (Å²) < 4.78 is 6.36. The molecule has 17 heavy (non-hydrogen) atoms. The lowest BCUT2D eigenvalue weighted by Crippen LogP contribution is -1.99. The van der Waals surface area contributed by atoms with Gasteiger partial charge in [-0.3, -0.25) is 4.98 Å². The number of thiophene rings is 1. The van der Waals surface area contributed by atoms with Gasteiger partial charge in [0.2, 0.25) is 0 Å². The van der Waals surface area contributed by atoms with E-state index in [1.165, 1.54) is 11.3 Å². The summed E-state index contributed by atoms with van der Waals surface area (Å²) in [7, 11) is 0. The molecule has 2 aromatic rings. The molecule has 5 heteroatoms. The van der Waals surface area contributed by atoms with Gasteiger partial charge in [0.25, 0.3) is 0 Å². The van der Waals surface area contributed by atoms with Gasteiger partial charge in [-0.2, -0.15) is 0 Å². The molecule has 0 radical (unpaired) electrons. The third kappa shape index (κ3) is 3.06. The van der Waals surface area contributed by atoms with E-state index in [0.717, 1.165) is 14.2 Å². The van der Waals surface area contributed by atoms with E-state index in [1.54, 1.807) is 12.4 Å². The zero-order valence-electron chi connectivity index (χ0n) is 9.26. The Morgan fingerprint density at radius 3 is 2.94 bits per heavy atom. The summed E-state index contributed by atoms with van der Waals surface area (Å²) >= 11 is 4.89. The smallest absolute Gasteiger partial charge is 0.137 e. The third-order valence-corrected chi connectivity index (χ3v) is 3.90. The second kappa shape index (κ2) is 5.62. The molecule has 1 N–H and O–H groups in total. The van der Waals surface area contributed by atoms with E-state index in [1.807, 2.05) is 25.1 Å². The quantitative estimate of drug-likeness (QED) is 0.940. The minimum atomic E-state index is -0.654. The zero-order valence-corrected chi connectivity index (χ0v) is 11.7. The average Bonchev–Trinajstić information content (AvgIpc) is 2.76. The topological polar surface area (TPSA) is 42.4 Å². The highest BCUT2D eigenvalue weighted by atomic mass is 79.9. The molecule has 0 spiro atoms. The van der Waals surface area contributed by atoms with E-state index in [2.05, 4.69) is 20.9 Å².